The molecule has 2 aliphatic heterocycles. The van der Waals surface area contributed by atoms with E-state index >= 15 is 0 Å². The lowest BCUT2D eigenvalue weighted by molar-refractivity contribution is -0.133. The Morgan fingerprint density at radius 3 is 2.57 bits per heavy atom. The van der Waals surface area contributed by atoms with Crippen molar-refractivity contribution in [2.24, 2.45) is 5.92 Å². The molecule has 2 N–H and O–H groups in total. The van der Waals surface area contributed by atoms with Crippen LogP contribution in [-0.2, 0) is 9.53 Å². The average Bonchev–Trinajstić information content (AvgIpc) is 2.47. The van der Waals surface area contributed by atoms with Gasteiger partial charge >= 0.3 is 6.03 Å². The van der Waals surface area contributed by atoms with Crippen molar-refractivity contribution in [1.29, 1.82) is 0 Å². The van der Waals surface area contributed by atoms with Crippen LogP contribution in [0, 0.1) is 5.92 Å². The average molecular weight is 325 g/mol. The Morgan fingerprint density at radius 2 is 2.00 bits per heavy atom. The topological polar surface area (TPSA) is 70.7 Å². The molecule has 0 radical (unpaired) electrons. The number of hydrogen-bond acceptors (Lipinski definition) is 3. The van der Waals surface area contributed by atoms with E-state index in [9.17, 15) is 9.59 Å². The molecule has 0 saturated carbocycles. The van der Waals surface area contributed by atoms with Gasteiger partial charge in [-0.3, -0.25) is 4.79 Å². The molecular formula is C17H31N3O3. The highest BCUT2D eigenvalue weighted by Gasteiger charge is 2.30. The highest BCUT2D eigenvalue weighted by Crippen LogP contribution is 2.18. The molecule has 0 aliphatic carbocycles. The van der Waals surface area contributed by atoms with Crippen molar-refractivity contribution in [3.63, 3.8) is 0 Å². The second kappa shape index (κ2) is 7.99. The number of nitrogens with zero attached hydrogens (tertiary/aromatic N) is 1. The summed E-state index contributed by atoms with van der Waals surface area (Å²) in [6, 6.07) is 0.0242. The molecule has 0 spiro atoms. The maximum Gasteiger partial charge on any atom is 0.315 e. The molecule has 2 fully saturated rings. The van der Waals surface area contributed by atoms with Crippen LogP contribution in [0.25, 0.3) is 0 Å². The standard InChI is InChI=1S/C17H31N3O3/c1-13(2)11-15(21)20-8-5-14(6-9-20)18-16(22)19-17(3)7-4-10-23-12-17/h13-14H,4-12H2,1-3H3,(H2,18,19,22). The minimum Gasteiger partial charge on any atom is -0.379 e. The summed E-state index contributed by atoms with van der Waals surface area (Å²) in [6.45, 7) is 8.97. The van der Waals surface area contributed by atoms with Gasteiger partial charge in [0.1, 0.15) is 0 Å². The van der Waals surface area contributed by atoms with Crippen molar-refractivity contribution in [2.45, 2.75) is 64.5 Å². The summed E-state index contributed by atoms with van der Waals surface area (Å²) in [5.74, 6) is 0.623. The van der Waals surface area contributed by atoms with Gasteiger partial charge in [-0.25, -0.2) is 4.79 Å². The maximum atomic E-state index is 12.2. The van der Waals surface area contributed by atoms with E-state index in [0.717, 1.165) is 45.4 Å². The van der Waals surface area contributed by atoms with Crippen molar-refractivity contribution in [2.75, 3.05) is 26.3 Å². The van der Waals surface area contributed by atoms with Crippen LogP contribution < -0.4 is 10.6 Å². The Balaban J connectivity index is 1.71. The SMILES string of the molecule is CC(C)CC(=O)N1CCC(NC(=O)NC2(C)CCCOC2)CC1. The molecule has 0 aromatic rings. The van der Waals surface area contributed by atoms with Crippen molar-refractivity contribution < 1.29 is 14.3 Å². The van der Waals surface area contributed by atoms with Crippen LogP contribution in [0.3, 0.4) is 0 Å². The third-order valence-corrected chi connectivity index (χ3v) is 4.62. The molecule has 2 saturated heterocycles. The Labute approximate surface area is 139 Å². The summed E-state index contributed by atoms with van der Waals surface area (Å²) in [4.78, 5) is 26.2. The van der Waals surface area contributed by atoms with Crippen LogP contribution in [-0.4, -0.2) is 54.7 Å². The molecule has 6 heteroatoms. The van der Waals surface area contributed by atoms with E-state index < -0.39 is 0 Å². The number of likely N-dealkylation sites (tertiary alicyclic amines) is 1. The lowest BCUT2D eigenvalue weighted by Crippen LogP contribution is -2.57. The van der Waals surface area contributed by atoms with Crippen molar-refractivity contribution >= 4 is 11.9 Å². The van der Waals surface area contributed by atoms with Gasteiger partial charge in [0.15, 0.2) is 0 Å². The number of rotatable bonds is 4. The zero-order valence-electron chi connectivity index (χ0n) is 14.7. The maximum absolute atomic E-state index is 12.2. The van der Waals surface area contributed by atoms with E-state index in [1.165, 1.54) is 0 Å². The number of nitrogens with one attached hydrogen (secondary N) is 2. The quantitative estimate of drug-likeness (QED) is 0.829. The molecule has 2 aliphatic rings. The summed E-state index contributed by atoms with van der Waals surface area (Å²) in [5, 5.41) is 6.10. The normalized spacial score (nSPS) is 26.2. The van der Waals surface area contributed by atoms with Gasteiger partial charge in [-0.05, 0) is 38.5 Å². The molecule has 0 aromatic carbocycles. The molecule has 1 atom stereocenters. The Morgan fingerprint density at radius 1 is 1.30 bits per heavy atom. The summed E-state index contributed by atoms with van der Waals surface area (Å²) in [7, 11) is 0. The Hall–Kier alpha value is -1.30. The number of amides is 3. The van der Waals surface area contributed by atoms with Gasteiger partial charge in [-0.2, -0.15) is 0 Å². The van der Waals surface area contributed by atoms with E-state index in [4.69, 9.17) is 4.74 Å². The Kier molecular flexibility index (Phi) is 6.27. The van der Waals surface area contributed by atoms with Crippen LogP contribution >= 0.6 is 0 Å². The summed E-state index contributed by atoms with van der Waals surface area (Å²) < 4.78 is 5.46. The van der Waals surface area contributed by atoms with Crippen molar-refractivity contribution in [3.05, 3.63) is 0 Å². The van der Waals surface area contributed by atoms with E-state index in [2.05, 4.69) is 24.5 Å². The molecule has 2 rings (SSSR count). The van der Waals surface area contributed by atoms with Crippen LogP contribution in [0.5, 0.6) is 0 Å². The number of urea groups is 1. The lowest BCUT2D eigenvalue weighted by Gasteiger charge is -2.36. The number of carbonyl (C=O) groups excluding carboxylic acids is 2. The largest absolute Gasteiger partial charge is 0.379 e. The molecule has 2 heterocycles. The van der Waals surface area contributed by atoms with Gasteiger partial charge in [-0.15, -0.1) is 0 Å². The second-order valence-electron chi connectivity index (χ2n) is 7.57. The van der Waals surface area contributed by atoms with Crippen molar-refractivity contribution in [3.8, 4) is 0 Å². The smallest absolute Gasteiger partial charge is 0.315 e. The zero-order chi connectivity index (χ0) is 16.9. The van der Waals surface area contributed by atoms with Gasteiger partial charge in [0.25, 0.3) is 0 Å². The zero-order valence-corrected chi connectivity index (χ0v) is 14.7. The number of piperidine rings is 1. The molecular weight excluding hydrogens is 294 g/mol. The fourth-order valence-electron chi connectivity index (χ4n) is 3.28. The highest BCUT2D eigenvalue weighted by atomic mass is 16.5. The predicted octanol–water partition coefficient (Wildman–Crippen LogP) is 1.89. The molecule has 0 bridgehead atoms. The van der Waals surface area contributed by atoms with Crippen LogP contribution in [0.4, 0.5) is 4.79 Å². The second-order valence-corrected chi connectivity index (χ2v) is 7.57. The van der Waals surface area contributed by atoms with Crippen LogP contribution in [0.2, 0.25) is 0 Å². The van der Waals surface area contributed by atoms with Gasteiger partial charge in [0.2, 0.25) is 5.91 Å². The summed E-state index contributed by atoms with van der Waals surface area (Å²) in [5.41, 5.74) is -0.268. The molecule has 3 amide bonds. The van der Waals surface area contributed by atoms with E-state index in [-0.39, 0.29) is 23.5 Å². The van der Waals surface area contributed by atoms with E-state index in [1.54, 1.807) is 0 Å². The van der Waals surface area contributed by atoms with Gasteiger partial charge < -0.3 is 20.3 Å². The molecule has 6 nitrogen and oxygen atoms in total. The molecule has 132 valence electrons. The number of ether oxygens (including phenoxy) is 1. The third kappa shape index (κ3) is 5.68. The predicted molar refractivity (Wildman–Crippen MR) is 89.2 cm³/mol. The first-order valence-electron chi connectivity index (χ1n) is 8.82. The van der Waals surface area contributed by atoms with Crippen LogP contribution in [0.1, 0.15) is 52.9 Å². The van der Waals surface area contributed by atoms with Gasteiger partial charge in [-0.1, -0.05) is 13.8 Å². The lowest BCUT2D eigenvalue weighted by atomic mass is 9.95. The van der Waals surface area contributed by atoms with Crippen molar-refractivity contribution in [1.82, 2.24) is 15.5 Å². The fourth-order valence-corrected chi connectivity index (χ4v) is 3.28. The van der Waals surface area contributed by atoms with E-state index in [0.29, 0.717) is 18.9 Å². The van der Waals surface area contributed by atoms with Gasteiger partial charge in [0.05, 0.1) is 12.1 Å². The summed E-state index contributed by atoms with van der Waals surface area (Å²) in [6.07, 6.45) is 4.18. The van der Waals surface area contributed by atoms with Gasteiger partial charge in [0, 0.05) is 32.2 Å². The monoisotopic (exact) mass is 325 g/mol. The molecule has 1 unspecified atom stereocenters. The fraction of sp³-hybridized carbons (Fsp3) is 0.882. The number of carbonyl (C=O) groups is 2. The highest BCUT2D eigenvalue weighted by molar-refractivity contribution is 5.77. The molecule has 0 aromatic heterocycles. The first kappa shape index (κ1) is 18.0. The molecule has 23 heavy (non-hydrogen) atoms. The summed E-state index contributed by atoms with van der Waals surface area (Å²) >= 11 is 0. The van der Waals surface area contributed by atoms with Crippen LogP contribution in [0.15, 0.2) is 0 Å². The Bertz CT molecular complexity index is 411. The number of hydrogen-bond donors (Lipinski definition) is 2. The first-order valence-corrected chi connectivity index (χ1v) is 8.82. The minimum absolute atomic E-state index is 0.120. The third-order valence-electron chi connectivity index (χ3n) is 4.62. The van der Waals surface area contributed by atoms with E-state index in [1.807, 2.05) is 11.8 Å². The minimum atomic E-state index is -0.268. The first-order chi connectivity index (χ1) is 10.9.